The van der Waals surface area contributed by atoms with E-state index in [0.29, 0.717) is 11.4 Å². The van der Waals surface area contributed by atoms with Crippen molar-refractivity contribution in [3.63, 3.8) is 0 Å². The van der Waals surface area contributed by atoms with Crippen molar-refractivity contribution in [3.8, 4) is 0 Å². The maximum atomic E-state index is 12.9. The van der Waals surface area contributed by atoms with Gasteiger partial charge in [0.2, 0.25) is 0 Å². The molecule has 4 aromatic rings. The summed E-state index contributed by atoms with van der Waals surface area (Å²) < 4.78 is 1.78. The molecular formula is C20H16N4O3S3. The summed E-state index contributed by atoms with van der Waals surface area (Å²) in [5.41, 5.74) is 1.93. The predicted octanol–water partition coefficient (Wildman–Crippen LogP) is 5.39. The van der Waals surface area contributed by atoms with Gasteiger partial charge < -0.3 is 4.90 Å². The van der Waals surface area contributed by atoms with E-state index in [4.69, 9.17) is 0 Å². The first kappa shape index (κ1) is 20.5. The van der Waals surface area contributed by atoms with Crippen molar-refractivity contribution in [1.82, 2.24) is 14.9 Å². The van der Waals surface area contributed by atoms with Gasteiger partial charge in [-0.2, -0.15) is 0 Å². The van der Waals surface area contributed by atoms with Gasteiger partial charge >= 0.3 is 0 Å². The summed E-state index contributed by atoms with van der Waals surface area (Å²) in [6.07, 6.45) is 0. The van der Waals surface area contributed by atoms with Gasteiger partial charge in [0.05, 0.1) is 26.6 Å². The minimum Gasteiger partial charge on any atom is -0.335 e. The lowest BCUT2D eigenvalue weighted by atomic mass is 10.2. The minimum atomic E-state index is -0.465. The molecule has 2 aromatic heterocycles. The van der Waals surface area contributed by atoms with Gasteiger partial charge in [-0.05, 0) is 31.2 Å². The molecule has 0 unspecified atom stereocenters. The van der Waals surface area contributed by atoms with Crippen LogP contribution in [0.4, 0.5) is 5.69 Å². The van der Waals surface area contributed by atoms with E-state index in [1.165, 1.54) is 45.4 Å². The van der Waals surface area contributed by atoms with Crippen LogP contribution in [0.25, 0.3) is 10.2 Å². The fourth-order valence-electron chi connectivity index (χ4n) is 2.84. The lowest BCUT2D eigenvalue weighted by Crippen LogP contribution is -2.26. The number of aryl methyl sites for hydroxylation is 1. The van der Waals surface area contributed by atoms with Crippen LogP contribution in [0.1, 0.15) is 21.1 Å². The zero-order valence-electron chi connectivity index (χ0n) is 16.1. The largest absolute Gasteiger partial charge is 0.335 e. The quantitative estimate of drug-likeness (QED) is 0.285. The maximum absolute atomic E-state index is 12.9. The first-order valence-electron chi connectivity index (χ1n) is 8.89. The van der Waals surface area contributed by atoms with Crippen molar-refractivity contribution in [2.75, 3.05) is 7.05 Å². The van der Waals surface area contributed by atoms with E-state index in [-0.39, 0.29) is 17.2 Å². The molecule has 0 atom stereocenters. The number of para-hydroxylation sites is 1. The lowest BCUT2D eigenvalue weighted by molar-refractivity contribution is -0.387. The van der Waals surface area contributed by atoms with E-state index in [1.807, 2.05) is 36.6 Å². The Bertz CT molecular complexity index is 1220. The fourth-order valence-corrected chi connectivity index (χ4v) is 5.74. The minimum absolute atomic E-state index is 0.105. The van der Waals surface area contributed by atoms with E-state index in [1.54, 1.807) is 19.2 Å². The van der Waals surface area contributed by atoms with E-state index < -0.39 is 4.92 Å². The second-order valence-corrected chi connectivity index (χ2v) is 9.80. The number of rotatable bonds is 6. The Morgan fingerprint density at radius 1 is 1.23 bits per heavy atom. The van der Waals surface area contributed by atoms with Gasteiger partial charge in [-0.1, -0.05) is 23.9 Å². The number of aromatic nitrogens is 2. The Morgan fingerprint density at radius 3 is 2.73 bits per heavy atom. The van der Waals surface area contributed by atoms with Crippen molar-refractivity contribution >= 4 is 56.2 Å². The Labute approximate surface area is 184 Å². The zero-order valence-corrected chi connectivity index (χ0v) is 18.5. The second-order valence-electron chi connectivity index (χ2n) is 6.53. The van der Waals surface area contributed by atoms with Crippen molar-refractivity contribution in [3.05, 3.63) is 74.2 Å². The zero-order chi connectivity index (χ0) is 21.3. The average Bonchev–Trinajstić information content (AvgIpc) is 3.32. The number of fused-ring (bicyclic) bond motifs is 1. The topological polar surface area (TPSA) is 89.2 Å². The Balaban J connectivity index is 1.55. The first-order valence-corrected chi connectivity index (χ1v) is 11.4. The maximum Gasteiger partial charge on any atom is 0.284 e. The standard InChI is InChI=1S/C20H16N4O3S3/c1-12-11-28-20(21-12)30-17-8-7-13(9-15(17)24(26)27)19(25)23(2)10-18-22-14-5-3-4-6-16(14)29-18/h3-9,11H,10H2,1-2H3. The highest BCUT2D eigenvalue weighted by Gasteiger charge is 2.21. The fraction of sp³-hybridized carbons (Fsp3) is 0.150. The molecule has 30 heavy (non-hydrogen) atoms. The lowest BCUT2D eigenvalue weighted by Gasteiger charge is -2.16. The summed E-state index contributed by atoms with van der Waals surface area (Å²) >= 11 is 4.19. The molecule has 0 radical (unpaired) electrons. The number of thiazole rings is 2. The molecular weight excluding hydrogens is 440 g/mol. The van der Waals surface area contributed by atoms with E-state index in [2.05, 4.69) is 9.97 Å². The summed E-state index contributed by atoms with van der Waals surface area (Å²) in [5.74, 6) is -0.293. The highest BCUT2D eigenvalue weighted by molar-refractivity contribution is 8.01. The molecule has 10 heteroatoms. The summed E-state index contributed by atoms with van der Waals surface area (Å²) in [5, 5.41) is 14.3. The Hall–Kier alpha value is -2.82. The van der Waals surface area contributed by atoms with Gasteiger partial charge in [0, 0.05) is 29.8 Å². The predicted molar refractivity (Wildman–Crippen MR) is 119 cm³/mol. The van der Waals surface area contributed by atoms with Gasteiger partial charge in [-0.25, -0.2) is 9.97 Å². The van der Waals surface area contributed by atoms with Gasteiger partial charge in [0.1, 0.15) is 5.01 Å². The third-order valence-electron chi connectivity index (χ3n) is 4.26. The molecule has 0 saturated carbocycles. The molecule has 2 aromatic carbocycles. The van der Waals surface area contributed by atoms with Crippen molar-refractivity contribution < 1.29 is 9.72 Å². The third-order valence-corrected chi connectivity index (χ3v) is 7.40. The molecule has 0 N–H and O–H groups in total. The smallest absolute Gasteiger partial charge is 0.284 e. The van der Waals surface area contributed by atoms with E-state index in [0.717, 1.165) is 25.3 Å². The highest BCUT2D eigenvalue weighted by atomic mass is 32.2. The third kappa shape index (κ3) is 4.35. The molecule has 2 heterocycles. The van der Waals surface area contributed by atoms with Gasteiger partial charge in [0.15, 0.2) is 4.34 Å². The van der Waals surface area contributed by atoms with Crippen LogP contribution in [0.2, 0.25) is 0 Å². The molecule has 152 valence electrons. The van der Waals surface area contributed by atoms with Crippen LogP contribution >= 0.6 is 34.4 Å². The van der Waals surface area contributed by atoms with Crippen LogP contribution in [-0.2, 0) is 6.54 Å². The highest BCUT2D eigenvalue weighted by Crippen LogP contribution is 2.37. The number of benzene rings is 2. The SMILES string of the molecule is Cc1csc(Sc2ccc(C(=O)N(C)Cc3nc4ccccc4s3)cc2[N+](=O)[O-])n1. The summed E-state index contributed by atoms with van der Waals surface area (Å²) in [4.78, 5) is 34.9. The van der Waals surface area contributed by atoms with Gasteiger partial charge in [-0.15, -0.1) is 22.7 Å². The molecule has 0 aliphatic rings. The molecule has 0 fully saturated rings. The summed E-state index contributed by atoms with van der Waals surface area (Å²) in [6.45, 7) is 2.21. The normalized spacial score (nSPS) is 11.0. The van der Waals surface area contributed by atoms with Crippen molar-refractivity contribution in [1.29, 1.82) is 0 Å². The first-order chi connectivity index (χ1) is 14.4. The monoisotopic (exact) mass is 456 g/mol. The average molecular weight is 457 g/mol. The number of nitro benzene ring substituents is 1. The van der Waals surface area contributed by atoms with Gasteiger partial charge in [0.25, 0.3) is 11.6 Å². The van der Waals surface area contributed by atoms with Crippen LogP contribution in [0.5, 0.6) is 0 Å². The van der Waals surface area contributed by atoms with Crippen LogP contribution in [0.15, 0.2) is 57.1 Å². The number of hydrogen-bond donors (Lipinski definition) is 0. The van der Waals surface area contributed by atoms with Crippen molar-refractivity contribution in [2.24, 2.45) is 0 Å². The number of nitro groups is 1. The van der Waals surface area contributed by atoms with E-state index >= 15 is 0 Å². The number of hydrogen-bond acceptors (Lipinski definition) is 8. The van der Waals surface area contributed by atoms with Gasteiger partial charge in [-0.3, -0.25) is 14.9 Å². The number of carbonyl (C=O) groups is 1. The molecule has 0 spiro atoms. The number of carbonyl (C=O) groups excluding carboxylic acids is 1. The molecule has 0 aliphatic carbocycles. The van der Waals surface area contributed by atoms with Crippen LogP contribution in [0, 0.1) is 17.0 Å². The summed E-state index contributed by atoms with van der Waals surface area (Å²) in [7, 11) is 1.67. The van der Waals surface area contributed by atoms with Crippen LogP contribution < -0.4 is 0 Å². The summed E-state index contributed by atoms with van der Waals surface area (Å²) in [6, 6.07) is 12.4. The Kier molecular flexibility index (Phi) is 5.80. The molecule has 1 amide bonds. The number of amides is 1. The van der Waals surface area contributed by atoms with Crippen LogP contribution in [0.3, 0.4) is 0 Å². The molecule has 0 saturated heterocycles. The Morgan fingerprint density at radius 2 is 2.03 bits per heavy atom. The van der Waals surface area contributed by atoms with Crippen molar-refractivity contribution in [2.45, 2.75) is 22.7 Å². The number of nitrogens with zero attached hydrogens (tertiary/aromatic N) is 4. The molecule has 7 nitrogen and oxygen atoms in total. The molecule has 0 aliphatic heterocycles. The van der Waals surface area contributed by atoms with Crippen LogP contribution in [-0.4, -0.2) is 32.7 Å². The molecule has 0 bridgehead atoms. The second kappa shape index (κ2) is 8.50. The van der Waals surface area contributed by atoms with E-state index in [9.17, 15) is 14.9 Å². The molecule has 4 rings (SSSR count).